The Morgan fingerprint density at radius 2 is 1.70 bits per heavy atom. The first-order valence-electron chi connectivity index (χ1n) is 9.83. The van der Waals surface area contributed by atoms with E-state index in [0.29, 0.717) is 12.6 Å². The molecule has 27 heavy (non-hydrogen) atoms. The average Bonchev–Trinajstić information content (AvgIpc) is 2.65. The number of ether oxygens (including phenoxy) is 1. The molecule has 0 N–H and O–H groups in total. The van der Waals surface area contributed by atoms with Gasteiger partial charge in [-0.3, -0.25) is 9.80 Å². The van der Waals surface area contributed by atoms with Crippen LogP contribution in [-0.2, 0) is 10.9 Å². The Labute approximate surface area is 161 Å². The van der Waals surface area contributed by atoms with Crippen molar-refractivity contribution in [2.24, 2.45) is 0 Å². The van der Waals surface area contributed by atoms with Crippen LogP contribution in [0.3, 0.4) is 0 Å². The van der Waals surface area contributed by atoms with Gasteiger partial charge in [0.1, 0.15) is 0 Å². The molecule has 1 aromatic carbocycles. The lowest BCUT2D eigenvalue weighted by molar-refractivity contribution is -0.137. The Morgan fingerprint density at radius 3 is 2.15 bits per heavy atom. The number of methoxy groups -OCH3 is 1. The number of rotatable bonds is 7. The molecule has 154 valence electrons. The van der Waals surface area contributed by atoms with E-state index in [1.807, 2.05) is 0 Å². The topological polar surface area (TPSA) is 15.7 Å². The third-order valence-corrected chi connectivity index (χ3v) is 6.31. The van der Waals surface area contributed by atoms with Crippen LogP contribution in [-0.4, -0.2) is 54.7 Å². The third-order valence-electron chi connectivity index (χ3n) is 6.31. The number of nitrogens with zero attached hydrogens (tertiary/aromatic N) is 2. The van der Waals surface area contributed by atoms with Crippen LogP contribution >= 0.6 is 0 Å². The van der Waals surface area contributed by atoms with E-state index in [1.165, 1.54) is 12.1 Å². The highest BCUT2D eigenvalue weighted by molar-refractivity contribution is 5.27. The molecule has 0 bridgehead atoms. The van der Waals surface area contributed by atoms with Gasteiger partial charge in [0.25, 0.3) is 0 Å². The number of halogens is 3. The average molecular weight is 387 g/mol. The zero-order valence-electron chi connectivity index (χ0n) is 17.1. The van der Waals surface area contributed by atoms with Crippen LogP contribution in [0.15, 0.2) is 24.3 Å². The molecule has 2 rings (SSSR count). The fraction of sp³-hybridized carbons (Fsp3) is 0.714. The maximum atomic E-state index is 12.9. The molecular formula is C21H33F3N2O. The van der Waals surface area contributed by atoms with Crippen molar-refractivity contribution in [2.75, 3.05) is 33.4 Å². The van der Waals surface area contributed by atoms with E-state index in [0.717, 1.165) is 38.0 Å². The summed E-state index contributed by atoms with van der Waals surface area (Å²) in [4.78, 5) is 4.93. The fourth-order valence-corrected chi connectivity index (χ4v) is 4.06. The van der Waals surface area contributed by atoms with Crippen LogP contribution in [0.25, 0.3) is 0 Å². The highest BCUT2D eigenvalue weighted by Crippen LogP contribution is 2.33. The van der Waals surface area contributed by atoms with Gasteiger partial charge in [-0.2, -0.15) is 13.2 Å². The predicted molar refractivity (Wildman–Crippen MR) is 103 cm³/mol. The number of hydrogen-bond acceptors (Lipinski definition) is 3. The molecule has 0 aliphatic carbocycles. The first kappa shape index (κ1) is 22.2. The molecule has 0 radical (unpaired) electrons. The highest BCUT2D eigenvalue weighted by atomic mass is 19.4. The summed E-state index contributed by atoms with van der Waals surface area (Å²) in [7, 11) is 1.64. The summed E-state index contributed by atoms with van der Waals surface area (Å²) in [6.07, 6.45) is -2.09. The monoisotopic (exact) mass is 386 g/mol. The van der Waals surface area contributed by atoms with E-state index in [9.17, 15) is 13.2 Å². The second-order valence-corrected chi connectivity index (χ2v) is 7.83. The van der Waals surface area contributed by atoms with Gasteiger partial charge in [-0.05, 0) is 44.4 Å². The molecule has 0 spiro atoms. The van der Waals surface area contributed by atoms with Crippen molar-refractivity contribution in [3.05, 3.63) is 35.4 Å². The van der Waals surface area contributed by atoms with Gasteiger partial charge < -0.3 is 4.74 Å². The van der Waals surface area contributed by atoms with Crippen molar-refractivity contribution in [2.45, 2.75) is 64.3 Å². The van der Waals surface area contributed by atoms with E-state index >= 15 is 0 Å². The smallest absolute Gasteiger partial charge is 0.383 e. The van der Waals surface area contributed by atoms with Gasteiger partial charge in [0.15, 0.2) is 0 Å². The van der Waals surface area contributed by atoms with E-state index in [4.69, 9.17) is 4.74 Å². The Balaban J connectivity index is 2.18. The second kappa shape index (κ2) is 8.93. The summed E-state index contributed by atoms with van der Waals surface area (Å²) in [5, 5.41) is 0. The van der Waals surface area contributed by atoms with E-state index in [-0.39, 0.29) is 11.6 Å². The number of alkyl halides is 3. The Hall–Kier alpha value is -1.11. The van der Waals surface area contributed by atoms with Gasteiger partial charge in [0.2, 0.25) is 0 Å². The maximum absolute atomic E-state index is 12.9. The van der Waals surface area contributed by atoms with Crippen molar-refractivity contribution in [3.8, 4) is 0 Å². The van der Waals surface area contributed by atoms with Crippen LogP contribution in [0.1, 0.15) is 57.7 Å². The summed E-state index contributed by atoms with van der Waals surface area (Å²) < 4.78 is 44.0. The first-order valence-corrected chi connectivity index (χ1v) is 9.83. The van der Waals surface area contributed by atoms with Gasteiger partial charge in [-0.15, -0.1) is 0 Å². The van der Waals surface area contributed by atoms with Gasteiger partial charge in [0, 0.05) is 38.3 Å². The summed E-state index contributed by atoms with van der Waals surface area (Å²) in [6, 6.07) is 5.79. The first-order chi connectivity index (χ1) is 12.7. The molecule has 1 heterocycles. The van der Waals surface area contributed by atoms with Crippen molar-refractivity contribution in [1.82, 2.24) is 9.80 Å². The summed E-state index contributed by atoms with van der Waals surface area (Å²) in [5.41, 5.74) is 0.465. The zero-order valence-corrected chi connectivity index (χ0v) is 17.1. The molecule has 1 fully saturated rings. The summed E-state index contributed by atoms with van der Waals surface area (Å²) in [5.74, 6) is 0. The van der Waals surface area contributed by atoms with E-state index in [1.54, 1.807) is 19.2 Å². The molecule has 3 nitrogen and oxygen atoms in total. The number of piperazine rings is 1. The van der Waals surface area contributed by atoms with E-state index in [2.05, 4.69) is 37.5 Å². The lowest BCUT2D eigenvalue weighted by atomic mass is 9.91. The van der Waals surface area contributed by atoms with Gasteiger partial charge >= 0.3 is 6.18 Å². The van der Waals surface area contributed by atoms with Crippen LogP contribution in [0.2, 0.25) is 0 Å². The lowest BCUT2D eigenvalue weighted by Crippen LogP contribution is -2.59. The van der Waals surface area contributed by atoms with Crippen molar-refractivity contribution < 1.29 is 17.9 Å². The molecule has 0 aromatic heterocycles. The molecule has 0 unspecified atom stereocenters. The van der Waals surface area contributed by atoms with Crippen molar-refractivity contribution in [1.29, 1.82) is 0 Å². The second-order valence-electron chi connectivity index (χ2n) is 7.83. The van der Waals surface area contributed by atoms with Crippen LogP contribution in [0.5, 0.6) is 0 Å². The summed E-state index contributed by atoms with van der Waals surface area (Å²) in [6.45, 7) is 12.2. The van der Waals surface area contributed by atoms with E-state index < -0.39 is 11.7 Å². The molecule has 6 heteroatoms. The highest BCUT2D eigenvalue weighted by Gasteiger charge is 2.37. The van der Waals surface area contributed by atoms with Gasteiger partial charge in [-0.1, -0.05) is 26.0 Å². The van der Waals surface area contributed by atoms with Gasteiger partial charge in [-0.25, -0.2) is 0 Å². The fourth-order valence-electron chi connectivity index (χ4n) is 4.06. The molecule has 1 saturated heterocycles. The largest absolute Gasteiger partial charge is 0.416 e. The minimum atomic E-state index is -4.31. The molecule has 1 aliphatic heterocycles. The van der Waals surface area contributed by atoms with Crippen LogP contribution in [0.4, 0.5) is 13.2 Å². The molecule has 0 saturated carbocycles. The zero-order chi connectivity index (χ0) is 20.2. The molecule has 1 aromatic rings. The Kier molecular flexibility index (Phi) is 7.33. The lowest BCUT2D eigenvalue weighted by Gasteiger charge is -2.50. The van der Waals surface area contributed by atoms with Gasteiger partial charge in [0.05, 0.1) is 18.2 Å². The number of hydrogen-bond donors (Lipinski definition) is 0. The molecular weight excluding hydrogens is 353 g/mol. The van der Waals surface area contributed by atoms with Crippen LogP contribution < -0.4 is 0 Å². The third kappa shape index (κ3) is 5.04. The Morgan fingerprint density at radius 1 is 1.11 bits per heavy atom. The summed E-state index contributed by atoms with van der Waals surface area (Å²) >= 11 is 0. The quantitative estimate of drug-likeness (QED) is 0.657. The minimum absolute atomic E-state index is 0.0380. The minimum Gasteiger partial charge on any atom is -0.383 e. The number of benzene rings is 1. The molecule has 1 aliphatic rings. The SMILES string of the molecule is CCC(C)(CC)N1CCN([C@@H](COC)c2ccc(C(F)(F)F)cc2)[C@@H](C)C1. The standard InChI is InChI=1S/C21H33F3N2O/c1-6-20(4,7-2)25-12-13-26(16(3)14-25)19(15-27-5)17-8-10-18(11-9-17)21(22,23)24/h8-11,16,19H,6-7,12-15H2,1-5H3/t16-,19-/m0/s1. The maximum Gasteiger partial charge on any atom is 0.416 e. The molecule has 0 amide bonds. The molecule has 2 atom stereocenters. The van der Waals surface area contributed by atoms with Crippen molar-refractivity contribution in [3.63, 3.8) is 0 Å². The van der Waals surface area contributed by atoms with Crippen molar-refractivity contribution >= 4 is 0 Å². The predicted octanol–water partition coefficient (Wildman–Crippen LogP) is 4.98. The normalized spacial score (nSPS) is 21.4. The van der Waals surface area contributed by atoms with Crippen LogP contribution in [0, 0.1) is 0 Å². The Bertz CT molecular complexity index is 584.